The number of allylic oxidation sites excluding steroid dienone is 2. The summed E-state index contributed by atoms with van der Waals surface area (Å²) in [4.78, 5) is 26.6. The lowest BCUT2D eigenvalue weighted by atomic mass is 9.90. The van der Waals surface area contributed by atoms with E-state index in [1.54, 1.807) is 31.3 Å². The molecule has 1 unspecified atom stereocenters. The maximum absolute atomic E-state index is 14.4. The van der Waals surface area contributed by atoms with E-state index < -0.39 is 5.82 Å². The molecule has 0 amide bonds. The minimum atomic E-state index is -0.446. The van der Waals surface area contributed by atoms with Crippen molar-refractivity contribution in [2.75, 3.05) is 0 Å². The molecule has 1 heterocycles. The number of hydrogen-bond acceptors (Lipinski definition) is 3. The third kappa shape index (κ3) is 7.82. The average molecular weight is 553 g/mol. The molecular weight excluding hydrogens is 515 g/mol. The van der Waals surface area contributed by atoms with Gasteiger partial charge >= 0.3 is 5.69 Å². The number of rotatable bonds is 13. The van der Waals surface area contributed by atoms with Gasteiger partial charge in [0.05, 0.1) is 5.69 Å². The molecule has 0 spiro atoms. The first-order valence-corrected chi connectivity index (χ1v) is 13.8. The van der Waals surface area contributed by atoms with Crippen molar-refractivity contribution in [2.45, 2.75) is 59.4 Å². The summed E-state index contributed by atoms with van der Waals surface area (Å²) >= 11 is 6.10. The molecule has 0 radical (unpaired) electrons. The van der Waals surface area contributed by atoms with Crippen LogP contribution in [0, 0.1) is 17.7 Å². The molecule has 208 valence electrons. The van der Waals surface area contributed by atoms with Gasteiger partial charge in [0.1, 0.15) is 5.76 Å². The summed E-state index contributed by atoms with van der Waals surface area (Å²) in [6, 6.07) is 13.9. The Balaban J connectivity index is 1.97. The fraction of sp³-hybridized carbons (Fsp3) is 0.375. The van der Waals surface area contributed by atoms with Gasteiger partial charge in [-0.1, -0.05) is 56.3 Å². The molecule has 7 heteroatoms. The van der Waals surface area contributed by atoms with Crippen molar-refractivity contribution in [3.63, 3.8) is 0 Å². The van der Waals surface area contributed by atoms with Gasteiger partial charge in [-0.15, -0.1) is 0 Å². The third-order valence-electron chi connectivity index (χ3n) is 6.94. The van der Waals surface area contributed by atoms with E-state index in [1.807, 2.05) is 37.3 Å². The second kappa shape index (κ2) is 14.1. The molecule has 0 saturated carbocycles. The van der Waals surface area contributed by atoms with Crippen LogP contribution in [0.3, 0.4) is 0 Å². The first-order chi connectivity index (χ1) is 18.7. The number of hydrogen-bond donors (Lipinski definition) is 0. The molecule has 0 N–H and O–H groups in total. The standard InChI is InChI=1S/C32H38ClFN2O3/c1-6-28-26(31(37)36(32(38)35(28)5)20-10-11-22(3)4)19-16-24(21-23-14-17-25(33)18-15-23)29(7-2)39-30-13-9-8-12-27(30)34/h6-9,12-15,17-18,22,24H,1,10-11,16,19-21H2,2-5H3. The van der Waals surface area contributed by atoms with Crippen molar-refractivity contribution in [1.82, 2.24) is 9.13 Å². The summed E-state index contributed by atoms with van der Waals surface area (Å²) in [7, 11) is 1.67. The molecule has 1 atom stereocenters. The number of nitrogens with zero attached hydrogens (tertiary/aromatic N) is 2. The second-order valence-corrected chi connectivity index (χ2v) is 10.6. The van der Waals surface area contributed by atoms with Gasteiger partial charge in [-0.2, -0.15) is 0 Å². The molecule has 3 rings (SSSR count). The highest BCUT2D eigenvalue weighted by Crippen LogP contribution is 2.28. The van der Waals surface area contributed by atoms with Crippen molar-refractivity contribution in [3.8, 4) is 5.75 Å². The predicted molar refractivity (Wildman–Crippen MR) is 158 cm³/mol. The molecule has 0 fully saturated rings. The lowest BCUT2D eigenvalue weighted by Gasteiger charge is -2.22. The molecule has 5 nitrogen and oxygen atoms in total. The first-order valence-electron chi connectivity index (χ1n) is 13.4. The molecule has 0 saturated heterocycles. The third-order valence-corrected chi connectivity index (χ3v) is 7.19. The fourth-order valence-electron chi connectivity index (χ4n) is 4.80. The van der Waals surface area contributed by atoms with E-state index in [2.05, 4.69) is 20.4 Å². The molecule has 0 aliphatic heterocycles. The van der Waals surface area contributed by atoms with Gasteiger partial charge in [0.15, 0.2) is 11.6 Å². The summed E-state index contributed by atoms with van der Waals surface area (Å²) in [6.07, 6.45) is 6.62. The maximum atomic E-state index is 14.4. The maximum Gasteiger partial charge on any atom is 0.331 e. The Labute approximate surface area is 235 Å². The van der Waals surface area contributed by atoms with Gasteiger partial charge in [0.2, 0.25) is 0 Å². The SMILES string of the molecule is C=Cc1c(CCC(Cc2ccc(Cl)cc2)C(=CC)Oc2ccccc2F)c(=O)n(CCCC(C)C)c(=O)n1C. The minimum Gasteiger partial charge on any atom is -0.459 e. The van der Waals surface area contributed by atoms with E-state index >= 15 is 0 Å². The van der Waals surface area contributed by atoms with Crippen molar-refractivity contribution in [1.29, 1.82) is 0 Å². The molecular formula is C32H38ClFN2O3. The van der Waals surface area contributed by atoms with Crippen LogP contribution in [0.15, 0.2) is 76.5 Å². The Morgan fingerprint density at radius 3 is 2.41 bits per heavy atom. The second-order valence-electron chi connectivity index (χ2n) is 10.2. The molecule has 39 heavy (non-hydrogen) atoms. The quantitative estimate of drug-likeness (QED) is 0.211. The van der Waals surface area contributed by atoms with Crippen molar-refractivity contribution < 1.29 is 9.13 Å². The summed E-state index contributed by atoms with van der Waals surface area (Å²) in [6.45, 7) is 10.3. The summed E-state index contributed by atoms with van der Waals surface area (Å²) in [5.41, 5.74) is 1.49. The lowest BCUT2D eigenvalue weighted by Crippen LogP contribution is -2.42. The predicted octanol–water partition coefficient (Wildman–Crippen LogP) is 7.19. The zero-order valence-electron chi connectivity index (χ0n) is 23.3. The van der Waals surface area contributed by atoms with Crippen LogP contribution >= 0.6 is 11.6 Å². The van der Waals surface area contributed by atoms with Crippen LogP contribution < -0.4 is 16.0 Å². The van der Waals surface area contributed by atoms with Crippen LogP contribution in [0.5, 0.6) is 5.75 Å². The summed E-state index contributed by atoms with van der Waals surface area (Å²) in [5, 5.41) is 0.642. The van der Waals surface area contributed by atoms with Gasteiger partial charge in [-0.3, -0.25) is 13.9 Å². The van der Waals surface area contributed by atoms with Gasteiger partial charge in [0.25, 0.3) is 5.56 Å². The number of halogens is 2. The topological polar surface area (TPSA) is 53.2 Å². The zero-order chi connectivity index (χ0) is 28.5. The molecule has 3 aromatic rings. The van der Waals surface area contributed by atoms with Crippen LogP contribution in [0.25, 0.3) is 6.08 Å². The summed E-state index contributed by atoms with van der Waals surface area (Å²) < 4.78 is 23.4. The number of para-hydroxylation sites is 1. The van der Waals surface area contributed by atoms with Crippen LogP contribution in [0.2, 0.25) is 5.02 Å². The van der Waals surface area contributed by atoms with E-state index in [0.29, 0.717) is 53.8 Å². The molecule has 1 aromatic heterocycles. The Bertz CT molecular complexity index is 1420. The van der Waals surface area contributed by atoms with E-state index in [-0.39, 0.29) is 22.9 Å². The summed E-state index contributed by atoms with van der Waals surface area (Å²) in [5.74, 6) is 0.627. The Morgan fingerprint density at radius 2 is 1.79 bits per heavy atom. The van der Waals surface area contributed by atoms with E-state index in [4.69, 9.17) is 16.3 Å². The average Bonchev–Trinajstić information content (AvgIpc) is 2.91. The van der Waals surface area contributed by atoms with Crippen molar-refractivity contribution >= 4 is 17.7 Å². The van der Waals surface area contributed by atoms with Gasteiger partial charge in [0, 0.05) is 30.1 Å². The van der Waals surface area contributed by atoms with Gasteiger partial charge in [-0.25, -0.2) is 9.18 Å². The molecule has 0 bridgehead atoms. The smallest absolute Gasteiger partial charge is 0.331 e. The largest absolute Gasteiger partial charge is 0.459 e. The van der Waals surface area contributed by atoms with Gasteiger partial charge < -0.3 is 4.74 Å². The van der Waals surface area contributed by atoms with Crippen LogP contribution in [-0.4, -0.2) is 9.13 Å². The monoisotopic (exact) mass is 552 g/mol. The van der Waals surface area contributed by atoms with Gasteiger partial charge in [-0.05, 0) is 86.9 Å². The number of aromatic nitrogens is 2. The Morgan fingerprint density at radius 1 is 1.10 bits per heavy atom. The van der Waals surface area contributed by atoms with Crippen LogP contribution in [0.1, 0.15) is 56.9 Å². The van der Waals surface area contributed by atoms with Crippen LogP contribution in [-0.2, 0) is 26.4 Å². The molecule has 0 aliphatic rings. The zero-order valence-corrected chi connectivity index (χ0v) is 24.0. The Hall–Kier alpha value is -3.38. The van der Waals surface area contributed by atoms with Crippen molar-refractivity contribution in [2.24, 2.45) is 18.9 Å². The normalized spacial score (nSPS) is 12.5. The molecule has 0 aliphatic carbocycles. The Kier molecular flexibility index (Phi) is 10.9. The highest BCUT2D eigenvalue weighted by molar-refractivity contribution is 6.30. The van der Waals surface area contributed by atoms with E-state index in [0.717, 1.165) is 18.4 Å². The van der Waals surface area contributed by atoms with E-state index in [1.165, 1.54) is 15.2 Å². The highest BCUT2D eigenvalue weighted by atomic mass is 35.5. The number of benzene rings is 2. The lowest BCUT2D eigenvalue weighted by molar-refractivity contribution is 0.318. The fourth-order valence-corrected chi connectivity index (χ4v) is 4.92. The highest BCUT2D eigenvalue weighted by Gasteiger charge is 2.22. The van der Waals surface area contributed by atoms with Crippen LogP contribution in [0.4, 0.5) is 4.39 Å². The first kappa shape index (κ1) is 30.2. The minimum absolute atomic E-state index is 0.146. The number of ether oxygens (including phenoxy) is 1. The van der Waals surface area contributed by atoms with E-state index in [9.17, 15) is 14.0 Å². The van der Waals surface area contributed by atoms with Crippen molar-refractivity contribution in [3.05, 3.63) is 115 Å². The molecule has 2 aromatic carbocycles.